The molecule has 0 spiro atoms. The predicted octanol–water partition coefficient (Wildman–Crippen LogP) is 5.71. The minimum Gasteiger partial charge on any atom is -0.309 e. The average Bonchev–Trinajstić information content (AvgIpc) is 2.78. The van der Waals surface area contributed by atoms with E-state index in [0.717, 1.165) is 16.7 Å². The third-order valence-electron chi connectivity index (χ3n) is 4.73. The molecule has 4 rings (SSSR count). The van der Waals surface area contributed by atoms with Gasteiger partial charge in [-0.25, -0.2) is 14.4 Å². The van der Waals surface area contributed by atoms with E-state index in [0.29, 0.717) is 28.6 Å². The highest BCUT2D eigenvalue weighted by molar-refractivity contribution is 6.30. The van der Waals surface area contributed by atoms with Crippen molar-refractivity contribution in [2.24, 2.45) is 0 Å². The molecule has 1 N–H and O–H groups in total. The summed E-state index contributed by atoms with van der Waals surface area (Å²) in [6.45, 7) is 0. The van der Waals surface area contributed by atoms with Crippen LogP contribution in [0.25, 0.3) is 11.3 Å². The summed E-state index contributed by atoms with van der Waals surface area (Å²) in [6.07, 6.45) is 2.28. The van der Waals surface area contributed by atoms with Crippen LogP contribution in [-0.4, -0.2) is 15.9 Å². The Morgan fingerprint density at radius 1 is 0.903 bits per heavy atom. The van der Waals surface area contributed by atoms with Gasteiger partial charge in [0.2, 0.25) is 5.91 Å². The lowest BCUT2D eigenvalue weighted by molar-refractivity contribution is -0.115. The van der Waals surface area contributed by atoms with Gasteiger partial charge in [0.05, 0.1) is 24.0 Å². The quantitative estimate of drug-likeness (QED) is 0.425. The van der Waals surface area contributed by atoms with Gasteiger partial charge in [-0.3, -0.25) is 4.79 Å². The van der Waals surface area contributed by atoms with Crippen LogP contribution in [0, 0.1) is 5.82 Å². The summed E-state index contributed by atoms with van der Waals surface area (Å²) in [5.74, 6) is -0.0959. The normalized spacial score (nSPS) is 10.6. The second-order valence-corrected chi connectivity index (χ2v) is 7.51. The zero-order valence-corrected chi connectivity index (χ0v) is 17.3. The van der Waals surface area contributed by atoms with Crippen molar-refractivity contribution in [3.05, 3.63) is 113 Å². The van der Waals surface area contributed by atoms with Crippen molar-refractivity contribution in [1.29, 1.82) is 0 Å². The Hall–Kier alpha value is -3.57. The van der Waals surface area contributed by atoms with Crippen molar-refractivity contribution < 1.29 is 9.18 Å². The average molecular weight is 432 g/mol. The van der Waals surface area contributed by atoms with E-state index in [2.05, 4.69) is 10.3 Å². The topological polar surface area (TPSA) is 54.9 Å². The van der Waals surface area contributed by atoms with Crippen LogP contribution in [0.5, 0.6) is 0 Å². The standard InChI is InChI=1S/C25H19ClFN3O/c26-20-10-6-18(7-11-20)15-24(31)30-25-22(14-17-4-2-1-3-5-17)29-23(16-28-25)19-8-12-21(27)13-9-19/h1-13,16H,14-15H2,(H,28,30,31). The van der Waals surface area contributed by atoms with Gasteiger partial charge in [0.25, 0.3) is 0 Å². The van der Waals surface area contributed by atoms with Crippen LogP contribution < -0.4 is 5.32 Å². The number of carbonyl (C=O) groups is 1. The summed E-state index contributed by atoms with van der Waals surface area (Å²) < 4.78 is 13.3. The third-order valence-corrected chi connectivity index (χ3v) is 4.99. The molecular weight excluding hydrogens is 413 g/mol. The third kappa shape index (κ3) is 5.53. The maximum Gasteiger partial charge on any atom is 0.229 e. The number of nitrogens with zero attached hydrogens (tertiary/aromatic N) is 2. The fourth-order valence-corrected chi connectivity index (χ4v) is 3.29. The van der Waals surface area contributed by atoms with Crippen LogP contribution in [0.1, 0.15) is 16.8 Å². The largest absolute Gasteiger partial charge is 0.309 e. The van der Waals surface area contributed by atoms with Gasteiger partial charge in [0.1, 0.15) is 5.82 Å². The molecule has 0 bridgehead atoms. The number of halogens is 2. The van der Waals surface area contributed by atoms with E-state index in [1.165, 1.54) is 12.1 Å². The molecule has 0 fully saturated rings. The van der Waals surface area contributed by atoms with Gasteiger partial charge in [-0.15, -0.1) is 0 Å². The SMILES string of the molecule is O=C(Cc1ccc(Cl)cc1)Nc1ncc(-c2ccc(F)cc2)nc1Cc1ccccc1. The molecule has 6 heteroatoms. The van der Waals surface area contributed by atoms with Crippen LogP contribution in [0.3, 0.4) is 0 Å². The molecule has 1 aromatic heterocycles. The Kier molecular flexibility index (Phi) is 6.34. The first kappa shape index (κ1) is 20.7. The van der Waals surface area contributed by atoms with Crippen molar-refractivity contribution in [1.82, 2.24) is 9.97 Å². The van der Waals surface area contributed by atoms with Gasteiger partial charge in [0, 0.05) is 17.0 Å². The number of amides is 1. The second kappa shape index (κ2) is 9.49. The molecule has 1 amide bonds. The van der Waals surface area contributed by atoms with Gasteiger partial charge in [0.15, 0.2) is 5.82 Å². The Morgan fingerprint density at radius 3 is 2.32 bits per heavy atom. The molecule has 0 radical (unpaired) electrons. The van der Waals surface area contributed by atoms with Gasteiger partial charge in [-0.2, -0.15) is 0 Å². The zero-order valence-electron chi connectivity index (χ0n) is 16.6. The van der Waals surface area contributed by atoms with Crippen molar-refractivity contribution in [3.8, 4) is 11.3 Å². The van der Waals surface area contributed by atoms with Crippen LogP contribution in [0.2, 0.25) is 5.02 Å². The van der Waals surface area contributed by atoms with Crippen LogP contribution in [-0.2, 0) is 17.6 Å². The molecule has 4 nitrogen and oxygen atoms in total. The smallest absolute Gasteiger partial charge is 0.229 e. The molecule has 0 saturated carbocycles. The lowest BCUT2D eigenvalue weighted by atomic mass is 10.1. The number of aromatic nitrogens is 2. The fraction of sp³-hybridized carbons (Fsp3) is 0.0800. The van der Waals surface area contributed by atoms with E-state index in [1.807, 2.05) is 42.5 Å². The highest BCUT2D eigenvalue weighted by Crippen LogP contribution is 2.22. The molecule has 31 heavy (non-hydrogen) atoms. The monoisotopic (exact) mass is 431 g/mol. The molecule has 0 aliphatic carbocycles. The summed E-state index contributed by atoms with van der Waals surface area (Å²) in [5, 5.41) is 3.50. The van der Waals surface area contributed by atoms with E-state index >= 15 is 0 Å². The number of nitrogens with one attached hydrogen (secondary N) is 1. The maximum atomic E-state index is 13.3. The minimum absolute atomic E-state index is 0.194. The van der Waals surface area contributed by atoms with Crippen LogP contribution in [0.4, 0.5) is 10.2 Å². The maximum absolute atomic E-state index is 13.3. The first-order chi connectivity index (χ1) is 15.1. The number of rotatable bonds is 6. The second-order valence-electron chi connectivity index (χ2n) is 7.07. The lowest BCUT2D eigenvalue weighted by Gasteiger charge is -2.12. The molecule has 0 atom stereocenters. The highest BCUT2D eigenvalue weighted by Gasteiger charge is 2.13. The number of anilines is 1. The number of carbonyl (C=O) groups excluding carboxylic acids is 1. The summed E-state index contributed by atoms with van der Waals surface area (Å²) in [7, 11) is 0. The first-order valence-corrected chi connectivity index (χ1v) is 10.1. The molecule has 0 aliphatic rings. The predicted molar refractivity (Wildman–Crippen MR) is 120 cm³/mol. The van der Waals surface area contributed by atoms with Gasteiger partial charge in [-0.1, -0.05) is 54.1 Å². The summed E-state index contributed by atoms with van der Waals surface area (Å²) in [6, 6.07) is 23.0. The van der Waals surface area contributed by atoms with Gasteiger partial charge < -0.3 is 5.32 Å². The van der Waals surface area contributed by atoms with Crippen LogP contribution >= 0.6 is 11.6 Å². The molecular formula is C25H19ClFN3O. The number of hydrogen-bond donors (Lipinski definition) is 1. The molecule has 0 saturated heterocycles. The Bertz CT molecular complexity index is 1180. The fourth-order valence-electron chi connectivity index (χ4n) is 3.17. The number of hydrogen-bond acceptors (Lipinski definition) is 3. The van der Waals surface area contributed by atoms with Crippen molar-refractivity contribution in [2.75, 3.05) is 5.32 Å². The van der Waals surface area contributed by atoms with Crippen molar-refractivity contribution in [2.45, 2.75) is 12.8 Å². The van der Waals surface area contributed by atoms with Crippen molar-refractivity contribution >= 4 is 23.3 Å². The zero-order chi connectivity index (χ0) is 21.6. The van der Waals surface area contributed by atoms with E-state index in [1.54, 1.807) is 30.5 Å². The van der Waals surface area contributed by atoms with E-state index in [9.17, 15) is 9.18 Å². The van der Waals surface area contributed by atoms with Crippen LogP contribution in [0.15, 0.2) is 85.1 Å². The molecule has 0 aliphatic heterocycles. The van der Waals surface area contributed by atoms with E-state index in [4.69, 9.17) is 16.6 Å². The molecule has 154 valence electrons. The lowest BCUT2D eigenvalue weighted by Crippen LogP contribution is -2.17. The van der Waals surface area contributed by atoms with E-state index in [-0.39, 0.29) is 18.1 Å². The Balaban J connectivity index is 1.61. The van der Waals surface area contributed by atoms with Gasteiger partial charge in [-0.05, 0) is 47.5 Å². The summed E-state index contributed by atoms with van der Waals surface area (Å²) >= 11 is 5.91. The molecule has 4 aromatic rings. The molecule has 1 heterocycles. The van der Waals surface area contributed by atoms with Crippen molar-refractivity contribution in [3.63, 3.8) is 0 Å². The summed E-state index contributed by atoms with van der Waals surface area (Å²) in [4.78, 5) is 21.8. The molecule has 0 unspecified atom stereocenters. The summed E-state index contributed by atoms with van der Waals surface area (Å²) in [5.41, 5.74) is 3.89. The Labute approximate surface area is 184 Å². The van der Waals surface area contributed by atoms with E-state index < -0.39 is 0 Å². The minimum atomic E-state index is -0.313. The molecule has 3 aromatic carbocycles. The van der Waals surface area contributed by atoms with Gasteiger partial charge >= 0.3 is 0 Å². The highest BCUT2D eigenvalue weighted by atomic mass is 35.5. The number of benzene rings is 3. The Morgan fingerprint density at radius 2 is 1.61 bits per heavy atom. The first-order valence-electron chi connectivity index (χ1n) is 9.77.